The summed E-state index contributed by atoms with van der Waals surface area (Å²) >= 11 is 0. The van der Waals surface area contributed by atoms with Crippen LogP contribution in [-0.4, -0.2) is 29.2 Å². The lowest BCUT2D eigenvalue weighted by Gasteiger charge is -2.15. The Hall–Kier alpha value is -3.04. The predicted molar refractivity (Wildman–Crippen MR) is 128 cm³/mol. The maximum Gasteiger partial charge on any atom is 0.268 e. The van der Waals surface area contributed by atoms with Gasteiger partial charge in [0.2, 0.25) is 0 Å². The molecular formula is C26H25FN2O4S. The minimum atomic E-state index is -4.05. The van der Waals surface area contributed by atoms with Crippen molar-refractivity contribution in [2.75, 3.05) is 6.61 Å². The summed E-state index contributed by atoms with van der Waals surface area (Å²) in [4.78, 5) is 0.112. The fourth-order valence-electron chi connectivity index (χ4n) is 4.75. The topological polar surface area (TPSA) is 106 Å². The summed E-state index contributed by atoms with van der Waals surface area (Å²) in [6, 6.07) is 15.7. The van der Waals surface area contributed by atoms with Gasteiger partial charge in [-0.2, -0.15) is 0 Å². The molecule has 0 spiro atoms. The van der Waals surface area contributed by atoms with E-state index in [1.165, 1.54) is 16.1 Å². The molecule has 3 aromatic carbocycles. The van der Waals surface area contributed by atoms with Gasteiger partial charge in [-0.1, -0.05) is 23.8 Å². The fourth-order valence-corrected chi connectivity index (χ4v) is 6.27. The van der Waals surface area contributed by atoms with Crippen LogP contribution in [0.4, 0.5) is 4.39 Å². The molecule has 6 nitrogen and oxygen atoms in total. The minimum Gasteiger partial charge on any atom is -0.393 e. The Morgan fingerprint density at radius 2 is 1.85 bits per heavy atom. The second-order valence-electron chi connectivity index (χ2n) is 8.79. The molecule has 0 saturated heterocycles. The third-order valence-corrected chi connectivity index (χ3v) is 8.27. The number of nitrogens with zero attached hydrogens (tertiary/aromatic N) is 1. The molecule has 2 atom stereocenters. The number of aliphatic hydroxyl groups excluding tert-OH is 2. The quantitative estimate of drug-likeness (QED) is 0.401. The van der Waals surface area contributed by atoms with E-state index in [0.717, 1.165) is 41.0 Å². The van der Waals surface area contributed by atoms with Crippen LogP contribution in [-0.2, 0) is 16.4 Å². The van der Waals surface area contributed by atoms with Crippen molar-refractivity contribution >= 4 is 20.9 Å². The van der Waals surface area contributed by atoms with Gasteiger partial charge in [-0.25, -0.2) is 16.8 Å². The van der Waals surface area contributed by atoms with Crippen molar-refractivity contribution in [2.45, 2.75) is 36.8 Å². The van der Waals surface area contributed by atoms with Crippen molar-refractivity contribution in [1.29, 1.82) is 0 Å². The Kier molecular flexibility index (Phi) is 5.56. The molecule has 0 amide bonds. The van der Waals surface area contributed by atoms with Gasteiger partial charge in [-0.15, -0.1) is 0 Å². The Morgan fingerprint density at radius 3 is 2.56 bits per heavy atom. The lowest BCUT2D eigenvalue weighted by atomic mass is 10.0. The van der Waals surface area contributed by atoms with Crippen LogP contribution in [0.15, 0.2) is 65.6 Å². The highest BCUT2D eigenvalue weighted by molar-refractivity contribution is 7.90. The minimum absolute atomic E-state index is 0.111. The van der Waals surface area contributed by atoms with E-state index in [-0.39, 0.29) is 27.8 Å². The number of aryl methyl sites for hydroxylation is 2. The van der Waals surface area contributed by atoms with Crippen molar-refractivity contribution < 1.29 is 23.0 Å². The van der Waals surface area contributed by atoms with Gasteiger partial charge in [0.05, 0.1) is 22.7 Å². The first-order valence-corrected chi connectivity index (χ1v) is 12.5. The molecule has 0 bridgehead atoms. The summed E-state index contributed by atoms with van der Waals surface area (Å²) in [5.74, 6) is -0.642. The van der Waals surface area contributed by atoms with E-state index in [1.807, 2.05) is 13.0 Å². The smallest absolute Gasteiger partial charge is 0.268 e. The van der Waals surface area contributed by atoms with E-state index in [1.54, 1.807) is 36.4 Å². The highest BCUT2D eigenvalue weighted by Crippen LogP contribution is 2.40. The average Bonchev–Trinajstić information content (AvgIpc) is 3.39. The molecule has 1 aliphatic rings. The Balaban J connectivity index is 1.84. The van der Waals surface area contributed by atoms with Gasteiger partial charge < -0.3 is 15.9 Å². The van der Waals surface area contributed by atoms with E-state index in [9.17, 15) is 23.0 Å². The molecule has 34 heavy (non-hydrogen) atoms. The maximum absolute atomic E-state index is 14.6. The van der Waals surface area contributed by atoms with Crippen molar-refractivity contribution in [3.05, 3.63) is 88.7 Å². The van der Waals surface area contributed by atoms with Gasteiger partial charge in [0.15, 0.2) is 0 Å². The monoisotopic (exact) mass is 480 g/mol. The van der Waals surface area contributed by atoms with Crippen LogP contribution in [0.1, 0.15) is 40.8 Å². The standard InChI is InChI=1S/C26H25FN2O4S/c1-15-2-4-19(5-3-15)34(32,33)29-24-9-7-21-20(6-8-23(21)28)22(24)13-25(29)16-10-17(26(31)14-30)12-18(27)11-16/h2-5,7,9-13,23,26,30-31H,6,8,14,28H2,1H3/t23-,26?/m1/s1. The summed E-state index contributed by atoms with van der Waals surface area (Å²) < 4.78 is 43.6. The molecule has 5 rings (SSSR count). The van der Waals surface area contributed by atoms with Gasteiger partial charge in [0, 0.05) is 17.0 Å². The molecule has 4 aromatic rings. The lowest BCUT2D eigenvalue weighted by molar-refractivity contribution is 0.0954. The second kappa shape index (κ2) is 8.32. The normalized spacial score (nSPS) is 16.7. The van der Waals surface area contributed by atoms with Crippen molar-refractivity contribution in [3.63, 3.8) is 0 Å². The van der Waals surface area contributed by atoms with Crippen molar-refractivity contribution in [1.82, 2.24) is 3.97 Å². The van der Waals surface area contributed by atoms with Gasteiger partial charge in [-0.3, -0.25) is 0 Å². The summed E-state index contributed by atoms with van der Waals surface area (Å²) in [6.07, 6.45) is 0.203. The maximum atomic E-state index is 14.6. The van der Waals surface area contributed by atoms with E-state index >= 15 is 0 Å². The van der Waals surface area contributed by atoms with Crippen LogP contribution < -0.4 is 5.73 Å². The molecule has 176 valence electrons. The Labute approximate surface area is 197 Å². The van der Waals surface area contributed by atoms with Crippen LogP contribution in [0.5, 0.6) is 0 Å². The van der Waals surface area contributed by atoms with Gasteiger partial charge >= 0.3 is 0 Å². The number of hydrogen-bond acceptors (Lipinski definition) is 5. The van der Waals surface area contributed by atoms with E-state index in [2.05, 4.69) is 0 Å². The summed E-state index contributed by atoms with van der Waals surface area (Å²) in [6.45, 7) is 1.29. The number of halogens is 1. The largest absolute Gasteiger partial charge is 0.393 e. The molecule has 1 aliphatic carbocycles. The Bertz CT molecular complexity index is 1510. The zero-order valence-corrected chi connectivity index (χ0v) is 19.4. The van der Waals surface area contributed by atoms with E-state index < -0.39 is 28.6 Å². The summed E-state index contributed by atoms with van der Waals surface area (Å²) in [7, 11) is -4.05. The highest BCUT2D eigenvalue weighted by atomic mass is 32.2. The third-order valence-electron chi connectivity index (χ3n) is 6.53. The first-order chi connectivity index (χ1) is 16.2. The van der Waals surface area contributed by atoms with Gasteiger partial charge in [-0.05, 0) is 78.9 Å². The number of hydrogen-bond donors (Lipinski definition) is 3. The van der Waals surface area contributed by atoms with Crippen molar-refractivity contribution in [2.24, 2.45) is 5.73 Å². The first-order valence-electron chi connectivity index (χ1n) is 11.1. The molecular weight excluding hydrogens is 455 g/mol. The number of benzene rings is 3. The molecule has 0 aliphatic heterocycles. The number of aromatic nitrogens is 1. The molecule has 1 heterocycles. The average molecular weight is 481 g/mol. The molecule has 0 saturated carbocycles. The molecule has 1 aromatic heterocycles. The van der Waals surface area contributed by atoms with E-state index in [0.29, 0.717) is 5.52 Å². The zero-order valence-electron chi connectivity index (χ0n) is 18.6. The first kappa shape index (κ1) is 22.7. The van der Waals surface area contributed by atoms with Crippen LogP contribution in [0.2, 0.25) is 0 Å². The van der Waals surface area contributed by atoms with E-state index in [4.69, 9.17) is 5.73 Å². The van der Waals surface area contributed by atoms with Crippen LogP contribution in [0.3, 0.4) is 0 Å². The fraction of sp³-hybridized carbons (Fsp3) is 0.231. The van der Waals surface area contributed by atoms with Crippen LogP contribution in [0.25, 0.3) is 22.2 Å². The van der Waals surface area contributed by atoms with Gasteiger partial charge in [0.25, 0.3) is 10.0 Å². The summed E-state index contributed by atoms with van der Waals surface area (Å²) in [5, 5.41) is 20.2. The second-order valence-corrected chi connectivity index (χ2v) is 10.6. The van der Waals surface area contributed by atoms with Crippen molar-refractivity contribution in [3.8, 4) is 11.3 Å². The molecule has 0 fully saturated rings. The molecule has 4 N–H and O–H groups in total. The summed E-state index contributed by atoms with van der Waals surface area (Å²) in [5.41, 5.74) is 10.4. The SMILES string of the molecule is Cc1ccc(S(=O)(=O)n2c(-c3cc(F)cc(C(O)CO)c3)cc3c4c(ccc32)[C@H](N)CC4)cc1. The number of fused-ring (bicyclic) bond motifs is 3. The third kappa shape index (κ3) is 3.63. The van der Waals surface area contributed by atoms with Crippen LogP contribution >= 0.6 is 0 Å². The van der Waals surface area contributed by atoms with Crippen LogP contribution in [0, 0.1) is 12.7 Å². The number of nitrogens with two attached hydrogens (primary N) is 1. The lowest BCUT2D eigenvalue weighted by Crippen LogP contribution is -2.14. The zero-order chi connectivity index (χ0) is 24.2. The molecule has 8 heteroatoms. The number of rotatable bonds is 5. The molecule has 0 radical (unpaired) electrons. The number of aliphatic hydroxyl groups is 2. The predicted octanol–water partition coefficient (Wildman–Crippen LogP) is 3.96. The molecule has 1 unspecified atom stereocenters. The highest BCUT2D eigenvalue weighted by Gasteiger charge is 2.29. The van der Waals surface area contributed by atoms with Gasteiger partial charge in [0.1, 0.15) is 11.9 Å². The Morgan fingerprint density at radius 1 is 1.12 bits per heavy atom.